The van der Waals surface area contributed by atoms with Crippen molar-refractivity contribution in [3.63, 3.8) is 0 Å². The van der Waals surface area contributed by atoms with Crippen molar-refractivity contribution in [1.82, 2.24) is 4.57 Å². The van der Waals surface area contributed by atoms with E-state index in [2.05, 4.69) is 6.92 Å². The van der Waals surface area contributed by atoms with E-state index in [-0.39, 0.29) is 12.4 Å². The highest BCUT2D eigenvalue weighted by atomic mass is 16.7. The molecule has 0 radical (unpaired) electrons. The van der Waals surface area contributed by atoms with Gasteiger partial charge in [0, 0.05) is 18.8 Å². The van der Waals surface area contributed by atoms with E-state index < -0.39 is 11.4 Å². The third kappa shape index (κ3) is 3.62. The first-order chi connectivity index (χ1) is 12.1. The lowest BCUT2D eigenvalue weighted by molar-refractivity contribution is 0.0694. The minimum Gasteiger partial charge on any atom is -0.477 e. The molecule has 0 saturated heterocycles. The molecule has 134 valence electrons. The SMILES string of the molecule is CCCCCCCCn1cc(C(=O)O)c(=O)c2cc3c(cc21)OCO3. The van der Waals surface area contributed by atoms with Gasteiger partial charge in [-0.25, -0.2) is 4.79 Å². The summed E-state index contributed by atoms with van der Waals surface area (Å²) in [6.07, 6.45) is 8.31. The number of aromatic carboxylic acids is 1. The van der Waals surface area contributed by atoms with Gasteiger partial charge in [-0.3, -0.25) is 4.79 Å². The molecule has 1 aromatic carbocycles. The quantitative estimate of drug-likeness (QED) is 0.737. The molecule has 0 saturated carbocycles. The second-order valence-corrected chi connectivity index (χ2v) is 6.36. The Morgan fingerprint density at radius 3 is 2.52 bits per heavy atom. The van der Waals surface area contributed by atoms with E-state index in [1.54, 1.807) is 12.1 Å². The summed E-state index contributed by atoms with van der Waals surface area (Å²) in [5.74, 6) is -0.133. The maximum atomic E-state index is 12.5. The predicted octanol–water partition coefficient (Wildman–Crippen LogP) is 3.79. The smallest absolute Gasteiger partial charge is 0.341 e. The molecule has 1 aromatic heterocycles. The molecule has 25 heavy (non-hydrogen) atoms. The molecular weight excluding hydrogens is 322 g/mol. The summed E-state index contributed by atoms with van der Waals surface area (Å²) in [6.45, 7) is 2.97. The van der Waals surface area contributed by atoms with E-state index in [9.17, 15) is 14.7 Å². The van der Waals surface area contributed by atoms with Gasteiger partial charge in [0.2, 0.25) is 12.2 Å². The molecule has 0 aliphatic carbocycles. The summed E-state index contributed by atoms with van der Waals surface area (Å²) < 4.78 is 12.6. The van der Waals surface area contributed by atoms with Crippen LogP contribution in [0.3, 0.4) is 0 Å². The van der Waals surface area contributed by atoms with Crippen molar-refractivity contribution in [3.8, 4) is 11.5 Å². The van der Waals surface area contributed by atoms with Crippen LogP contribution >= 0.6 is 0 Å². The highest BCUT2D eigenvalue weighted by Gasteiger charge is 2.20. The van der Waals surface area contributed by atoms with E-state index in [1.807, 2.05) is 4.57 Å². The maximum Gasteiger partial charge on any atom is 0.341 e. The van der Waals surface area contributed by atoms with Crippen molar-refractivity contribution >= 4 is 16.9 Å². The molecule has 2 heterocycles. The number of aryl methyl sites for hydroxylation is 1. The number of aromatic nitrogens is 1. The number of ether oxygens (including phenoxy) is 2. The molecule has 0 spiro atoms. The molecule has 0 bridgehead atoms. The minimum atomic E-state index is -1.21. The second kappa shape index (κ2) is 7.59. The van der Waals surface area contributed by atoms with Crippen LogP contribution in [0.1, 0.15) is 55.8 Å². The van der Waals surface area contributed by atoms with E-state index in [0.717, 1.165) is 12.8 Å². The third-order valence-electron chi connectivity index (χ3n) is 4.56. The summed E-state index contributed by atoms with van der Waals surface area (Å²) in [4.78, 5) is 23.9. The van der Waals surface area contributed by atoms with Crippen LogP contribution in [0.2, 0.25) is 0 Å². The molecule has 1 N–H and O–H groups in total. The van der Waals surface area contributed by atoms with Gasteiger partial charge in [0.05, 0.1) is 10.9 Å². The molecule has 2 aromatic rings. The molecule has 1 aliphatic heterocycles. The van der Waals surface area contributed by atoms with Crippen LogP contribution in [0.4, 0.5) is 0 Å². The number of pyridine rings is 1. The van der Waals surface area contributed by atoms with Crippen molar-refractivity contribution in [2.75, 3.05) is 6.79 Å². The molecule has 0 fully saturated rings. The summed E-state index contributed by atoms with van der Waals surface area (Å²) in [5.41, 5.74) is -0.00912. The minimum absolute atomic E-state index is 0.114. The Morgan fingerprint density at radius 2 is 1.80 bits per heavy atom. The van der Waals surface area contributed by atoms with Crippen LogP contribution in [0, 0.1) is 0 Å². The van der Waals surface area contributed by atoms with E-state index in [1.165, 1.54) is 31.9 Å². The van der Waals surface area contributed by atoms with Crippen molar-refractivity contribution in [3.05, 3.63) is 34.1 Å². The lowest BCUT2D eigenvalue weighted by atomic mass is 10.1. The monoisotopic (exact) mass is 345 g/mol. The average molecular weight is 345 g/mol. The Bertz CT molecular complexity index is 840. The van der Waals surface area contributed by atoms with Crippen LogP contribution in [-0.2, 0) is 6.54 Å². The third-order valence-corrected chi connectivity index (χ3v) is 4.56. The maximum absolute atomic E-state index is 12.5. The number of hydrogen-bond donors (Lipinski definition) is 1. The van der Waals surface area contributed by atoms with Crippen LogP contribution in [-0.4, -0.2) is 22.4 Å². The number of nitrogens with zero attached hydrogens (tertiary/aromatic N) is 1. The van der Waals surface area contributed by atoms with Gasteiger partial charge in [0.1, 0.15) is 5.56 Å². The predicted molar refractivity (Wildman–Crippen MR) is 94.7 cm³/mol. The van der Waals surface area contributed by atoms with E-state index in [4.69, 9.17) is 9.47 Å². The number of fused-ring (bicyclic) bond motifs is 2. The summed E-state index contributed by atoms with van der Waals surface area (Å²) in [7, 11) is 0. The summed E-state index contributed by atoms with van der Waals surface area (Å²) >= 11 is 0. The fourth-order valence-electron chi connectivity index (χ4n) is 3.18. The number of carbonyl (C=O) groups is 1. The lowest BCUT2D eigenvalue weighted by Gasteiger charge is -2.13. The van der Waals surface area contributed by atoms with Crippen LogP contribution in [0.25, 0.3) is 10.9 Å². The summed E-state index contributed by atoms with van der Waals surface area (Å²) in [5, 5.41) is 9.70. The second-order valence-electron chi connectivity index (χ2n) is 6.36. The first kappa shape index (κ1) is 17.3. The van der Waals surface area contributed by atoms with Gasteiger partial charge < -0.3 is 19.1 Å². The largest absolute Gasteiger partial charge is 0.477 e. The first-order valence-corrected chi connectivity index (χ1v) is 8.82. The van der Waals surface area contributed by atoms with Gasteiger partial charge >= 0.3 is 5.97 Å². The van der Waals surface area contributed by atoms with Crippen molar-refractivity contribution in [2.45, 2.75) is 52.0 Å². The zero-order valence-corrected chi connectivity index (χ0v) is 14.4. The normalized spacial score (nSPS) is 12.7. The van der Waals surface area contributed by atoms with Gasteiger partial charge in [-0.2, -0.15) is 0 Å². The molecule has 0 unspecified atom stereocenters. The highest BCUT2D eigenvalue weighted by molar-refractivity contribution is 5.93. The Labute approximate surface area is 146 Å². The summed E-state index contributed by atoms with van der Waals surface area (Å²) in [6, 6.07) is 3.35. The van der Waals surface area contributed by atoms with Crippen molar-refractivity contribution < 1.29 is 19.4 Å². The van der Waals surface area contributed by atoms with Gasteiger partial charge in [0.15, 0.2) is 11.5 Å². The first-order valence-electron chi connectivity index (χ1n) is 8.82. The Balaban J connectivity index is 1.91. The van der Waals surface area contributed by atoms with Crippen LogP contribution < -0.4 is 14.9 Å². The van der Waals surface area contributed by atoms with Gasteiger partial charge in [-0.05, 0) is 12.5 Å². The number of unbranched alkanes of at least 4 members (excludes halogenated alkanes) is 5. The van der Waals surface area contributed by atoms with Gasteiger partial charge in [0.25, 0.3) is 0 Å². The molecule has 3 rings (SSSR count). The molecular formula is C19H23NO5. The number of benzene rings is 1. The zero-order valence-electron chi connectivity index (χ0n) is 14.4. The van der Waals surface area contributed by atoms with Gasteiger partial charge in [-0.1, -0.05) is 39.0 Å². The van der Waals surface area contributed by atoms with Crippen molar-refractivity contribution in [1.29, 1.82) is 0 Å². The molecule has 6 heteroatoms. The van der Waals surface area contributed by atoms with E-state index >= 15 is 0 Å². The molecule has 0 amide bonds. The van der Waals surface area contributed by atoms with Crippen LogP contribution in [0.5, 0.6) is 11.5 Å². The fraction of sp³-hybridized carbons (Fsp3) is 0.474. The number of carboxylic acid groups (broad SMARTS) is 1. The molecule has 1 aliphatic rings. The van der Waals surface area contributed by atoms with Crippen molar-refractivity contribution in [2.24, 2.45) is 0 Å². The zero-order chi connectivity index (χ0) is 17.8. The fourth-order valence-corrected chi connectivity index (χ4v) is 3.18. The van der Waals surface area contributed by atoms with Gasteiger partial charge in [-0.15, -0.1) is 0 Å². The Hall–Kier alpha value is -2.50. The average Bonchev–Trinajstić information content (AvgIpc) is 3.05. The number of hydrogen-bond acceptors (Lipinski definition) is 4. The standard InChI is InChI=1S/C19H23NO5/c1-2-3-4-5-6-7-8-20-11-14(19(22)23)18(21)13-9-16-17(10-15(13)20)25-12-24-16/h9-11H,2-8,12H2,1H3,(H,22,23). The molecule has 6 nitrogen and oxygen atoms in total. The molecule has 0 atom stereocenters. The number of carboxylic acids is 1. The Morgan fingerprint density at radius 1 is 1.12 bits per heavy atom. The topological polar surface area (TPSA) is 77.8 Å². The van der Waals surface area contributed by atoms with Crippen LogP contribution in [0.15, 0.2) is 23.1 Å². The number of rotatable bonds is 8. The van der Waals surface area contributed by atoms with E-state index in [0.29, 0.717) is 28.9 Å². The highest BCUT2D eigenvalue weighted by Crippen LogP contribution is 2.35. The Kier molecular flexibility index (Phi) is 5.26. The lowest BCUT2D eigenvalue weighted by Crippen LogP contribution is -2.19.